The lowest BCUT2D eigenvalue weighted by atomic mass is 10.1. The first kappa shape index (κ1) is 13.1. The zero-order valence-electron chi connectivity index (χ0n) is 9.97. The SMILES string of the molecule is N#CCc1ccccc1OC(=O)c1ccc(Cl)cc1. The molecule has 0 aliphatic rings. The van der Waals surface area contributed by atoms with Crippen molar-refractivity contribution in [3.8, 4) is 11.8 Å². The molecule has 19 heavy (non-hydrogen) atoms. The average Bonchev–Trinajstić information content (AvgIpc) is 2.42. The van der Waals surface area contributed by atoms with Crippen LogP contribution in [0.2, 0.25) is 5.02 Å². The van der Waals surface area contributed by atoms with Crippen molar-refractivity contribution < 1.29 is 9.53 Å². The van der Waals surface area contributed by atoms with Crippen LogP contribution in [-0.4, -0.2) is 5.97 Å². The summed E-state index contributed by atoms with van der Waals surface area (Å²) >= 11 is 5.75. The number of carbonyl (C=O) groups excluding carboxylic acids is 1. The van der Waals surface area contributed by atoms with Crippen LogP contribution in [-0.2, 0) is 6.42 Å². The molecular formula is C15H10ClNO2. The minimum atomic E-state index is -0.470. The summed E-state index contributed by atoms with van der Waals surface area (Å²) < 4.78 is 5.29. The van der Waals surface area contributed by atoms with Gasteiger partial charge >= 0.3 is 5.97 Å². The maximum Gasteiger partial charge on any atom is 0.343 e. The third kappa shape index (κ3) is 3.34. The van der Waals surface area contributed by atoms with Crippen molar-refractivity contribution >= 4 is 17.6 Å². The molecule has 0 fully saturated rings. The minimum absolute atomic E-state index is 0.198. The number of benzene rings is 2. The number of para-hydroxylation sites is 1. The van der Waals surface area contributed by atoms with Crippen LogP contribution in [0.5, 0.6) is 5.75 Å². The van der Waals surface area contributed by atoms with E-state index in [0.717, 1.165) is 0 Å². The van der Waals surface area contributed by atoms with Gasteiger partial charge in [-0.1, -0.05) is 29.8 Å². The molecule has 3 nitrogen and oxygen atoms in total. The Labute approximate surface area is 116 Å². The van der Waals surface area contributed by atoms with E-state index in [1.807, 2.05) is 6.07 Å². The van der Waals surface area contributed by atoms with Crippen LogP contribution in [0.4, 0.5) is 0 Å². The Morgan fingerprint density at radius 1 is 1.16 bits per heavy atom. The third-order valence-corrected chi connectivity index (χ3v) is 2.78. The van der Waals surface area contributed by atoms with Crippen molar-refractivity contribution in [3.63, 3.8) is 0 Å². The van der Waals surface area contributed by atoms with Gasteiger partial charge in [0.2, 0.25) is 0 Å². The van der Waals surface area contributed by atoms with E-state index >= 15 is 0 Å². The van der Waals surface area contributed by atoms with Gasteiger partial charge in [0.1, 0.15) is 5.75 Å². The quantitative estimate of drug-likeness (QED) is 0.633. The number of hydrogen-bond donors (Lipinski definition) is 0. The van der Waals surface area contributed by atoms with Crippen molar-refractivity contribution in [1.82, 2.24) is 0 Å². The van der Waals surface area contributed by atoms with E-state index in [4.69, 9.17) is 21.6 Å². The fraction of sp³-hybridized carbons (Fsp3) is 0.0667. The molecule has 0 N–H and O–H groups in total. The van der Waals surface area contributed by atoms with Gasteiger partial charge in [-0.3, -0.25) is 0 Å². The fourth-order valence-electron chi connectivity index (χ4n) is 1.58. The second kappa shape index (κ2) is 6.03. The summed E-state index contributed by atoms with van der Waals surface area (Å²) in [5.74, 6) is -0.0638. The predicted octanol–water partition coefficient (Wildman–Crippen LogP) is 3.63. The van der Waals surface area contributed by atoms with E-state index < -0.39 is 5.97 Å². The molecule has 94 valence electrons. The summed E-state index contributed by atoms with van der Waals surface area (Å²) in [4.78, 5) is 11.9. The second-order valence-electron chi connectivity index (χ2n) is 3.84. The molecule has 0 saturated carbocycles. The normalized spacial score (nSPS) is 9.68. The molecule has 0 amide bonds. The predicted molar refractivity (Wildman–Crippen MR) is 72.2 cm³/mol. The topological polar surface area (TPSA) is 50.1 Å². The molecule has 0 saturated heterocycles. The first-order valence-corrected chi connectivity index (χ1v) is 6.01. The van der Waals surface area contributed by atoms with Crippen molar-refractivity contribution in [3.05, 3.63) is 64.7 Å². The number of halogens is 1. The van der Waals surface area contributed by atoms with E-state index in [1.165, 1.54) is 0 Å². The maximum absolute atomic E-state index is 11.9. The lowest BCUT2D eigenvalue weighted by Gasteiger charge is -2.07. The largest absolute Gasteiger partial charge is 0.423 e. The Bertz CT molecular complexity index is 629. The zero-order valence-corrected chi connectivity index (χ0v) is 10.7. The lowest BCUT2D eigenvalue weighted by molar-refractivity contribution is 0.0733. The molecular weight excluding hydrogens is 262 g/mol. The van der Waals surface area contributed by atoms with Crippen LogP contribution in [0.3, 0.4) is 0 Å². The van der Waals surface area contributed by atoms with Gasteiger partial charge < -0.3 is 4.74 Å². The van der Waals surface area contributed by atoms with Crippen molar-refractivity contribution in [1.29, 1.82) is 5.26 Å². The number of rotatable bonds is 3. The number of nitrogens with zero attached hydrogens (tertiary/aromatic N) is 1. The number of hydrogen-bond acceptors (Lipinski definition) is 3. The Hall–Kier alpha value is -2.31. The number of nitriles is 1. The van der Waals surface area contributed by atoms with Crippen molar-refractivity contribution in [2.75, 3.05) is 0 Å². The van der Waals surface area contributed by atoms with Gasteiger partial charge in [0.25, 0.3) is 0 Å². The molecule has 4 heteroatoms. The molecule has 0 unspecified atom stereocenters. The summed E-state index contributed by atoms with van der Waals surface area (Å²) in [6.07, 6.45) is 0.198. The lowest BCUT2D eigenvalue weighted by Crippen LogP contribution is -2.09. The summed E-state index contributed by atoms with van der Waals surface area (Å²) in [6.45, 7) is 0. The molecule has 2 rings (SSSR count). The second-order valence-corrected chi connectivity index (χ2v) is 4.28. The van der Waals surface area contributed by atoms with E-state index in [9.17, 15) is 4.79 Å². The fourth-order valence-corrected chi connectivity index (χ4v) is 1.71. The van der Waals surface area contributed by atoms with Gasteiger partial charge in [-0.2, -0.15) is 5.26 Å². The molecule has 0 aliphatic carbocycles. The van der Waals surface area contributed by atoms with E-state index in [1.54, 1.807) is 48.5 Å². The van der Waals surface area contributed by atoms with Gasteiger partial charge in [0.05, 0.1) is 18.1 Å². The van der Waals surface area contributed by atoms with Gasteiger partial charge in [0, 0.05) is 10.6 Å². The summed E-state index contributed by atoms with van der Waals surface area (Å²) in [5.41, 5.74) is 1.10. The molecule has 0 aliphatic heterocycles. The standard InChI is InChI=1S/C15H10ClNO2/c16-13-7-5-12(6-8-13)15(18)19-14-4-2-1-3-11(14)9-10-17/h1-8H,9H2. The smallest absolute Gasteiger partial charge is 0.343 e. The highest BCUT2D eigenvalue weighted by molar-refractivity contribution is 6.30. The van der Waals surface area contributed by atoms with Gasteiger partial charge in [-0.15, -0.1) is 0 Å². The Morgan fingerprint density at radius 2 is 1.84 bits per heavy atom. The van der Waals surface area contributed by atoms with Crippen LogP contribution < -0.4 is 4.74 Å². The summed E-state index contributed by atoms with van der Waals surface area (Å²) in [6, 6.07) is 15.5. The number of carbonyl (C=O) groups is 1. The molecule has 0 aromatic heterocycles. The van der Waals surface area contributed by atoms with Crippen LogP contribution in [0.25, 0.3) is 0 Å². The van der Waals surface area contributed by atoms with Crippen molar-refractivity contribution in [2.45, 2.75) is 6.42 Å². The first-order chi connectivity index (χ1) is 9.20. The highest BCUT2D eigenvalue weighted by atomic mass is 35.5. The van der Waals surface area contributed by atoms with E-state index in [0.29, 0.717) is 21.9 Å². The van der Waals surface area contributed by atoms with Crippen LogP contribution in [0.1, 0.15) is 15.9 Å². The Morgan fingerprint density at radius 3 is 2.53 bits per heavy atom. The Balaban J connectivity index is 2.19. The monoisotopic (exact) mass is 271 g/mol. The van der Waals surface area contributed by atoms with E-state index in [-0.39, 0.29) is 6.42 Å². The molecule has 0 atom stereocenters. The molecule has 0 spiro atoms. The summed E-state index contributed by atoms with van der Waals surface area (Å²) in [5, 5.41) is 9.28. The van der Waals surface area contributed by atoms with Gasteiger partial charge in [-0.05, 0) is 30.3 Å². The van der Waals surface area contributed by atoms with E-state index in [2.05, 4.69) is 0 Å². The third-order valence-electron chi connectivity index (χ3n) is 2.52. The molecule has 0 heterocycles. The van der Waals surface area contributed by atoms with Gasteiger partial charge in [-0.25, -0.2) is 4.79 Å². The van der Waals surface area contributed by atoms with Crippen LogP contribution >= 0.6 is 11.6 Å². The maximum atomic E-state index is 11.9. The highest BCUT2D eigenvalue weighted by Crippen LogP contribution is 2.20. The van der Waals surface area contributed by atoms with Gasteiger partial charge in [0.15, 0.2) is 0 Å². The molecule has 2 aromatic rings. The van der Waals surface area contributed by atoms with Crippen LogP contribution in [0.15, 0.2) is 48.5 Å². The zero-order chi connectivity index (χ0) is 13.7. The minimum Gasteiger partial charge on any atom is -0.423 e. The first-order valence-electron chi connectivity index (χ1n) is 5.63. The summed E-state index contributed by atoms with van der Waals surface area (Å²) in [7, 11) is 0. The Kier molecular flexibility index (Phi) is 4.17. The van der Waals surface area contributed by atoms with Crippen LogP contribution in [0, 0.1) is 11.3 Å². The highest BCUT2D eigenvalue weighted by Gasteiger charge is 2.11. The number of esters is 1. The van der Waals surface area contributed by atoms with Crippen molar-refractivity contribution in [2.24, 2.45) is 0 Å². The number of ether oxygens (including phenoxy) is 1. The molecule has 0 radical (unpaired) electrons. The molecule has 0 bridgehead atoms. The molecule has 2 aromatic carbocycles. The average molecular weight is 272 g/mol.